The van der Waals surface area contributed by atoms with Crippen LogP contribution < -0.4 is 5.32 Å². The second-order valence-electron chi connectivity index (χ2n) is 4.68. The first kappa shape index (κ1) is 13.3. The number of carbonyl (C=O) groups excluding carboxylic acids is 1. The van der Waals surface area contributed by atoms with E-state index in [4.69, 9.17) is 0 Å². The van der Waals surface area contributed by atoms with Crippen LogP contribution in [0, 0.1) is 20.8 Å². The molecule has 2 rings (SSSR count). The molecule has 7 heteroatoms. The van der Waals surface area contributed by atoms with Crippen molar-refractivity contribution < 1.29 is 9.42 Å². The maximum atomic E-state index is 11.9. The number of hydrogen-bond donors (Lipinski definition) is 1. The van der Waals surface area contributed by atoms with Crippen molar-refractivity contribution in [1.29, 1.82) is 0 Å². The van der Waals surface area contributed by atoms with Crippen molar-refractivity contribution in [3.63, 3.8) is 0 Å². The van der Waals surface area contributed by atoms with Crippen molar-refractivity contribution in [2.75, 3.05) is 0 Å². The van der Waals surface area contributed by atoms with Crippen LogP contribution in [-0.4, -0.2) is 32.0 Å². The molecule has 0 saturated heterocycles. The highest BCUT2D eigenvalue weighted by molar-refractivity contribution is 5.93. The third-order valence-electron chi connectivity index (χ3n) is 2.80. The van der Waals surface area contributed by atoms with E-state index in [0.717, 1.165) is 11.4 Å². The van der Waals surface area contributed by atoms with Crippen molar-refractivity contribution in [2.45, 2.75) is 40.3 Å². The van der Waals surface area contributed by atoms with Crippen molar-refractivity contribution in [1.82, 2.24) is 25.4 Å². The van der Waals surface area contributed by atoms with E-state index in [9.17, 15) is 4.79 Å². The Morgan fingerprint density at radius 2 is 2.16 bits per heavy atom. The lowest BCUT2D eigenvalue weighted by atomic mass is 10.2. The van der Waals surface area contributed by atoms with Gasteiger partial charge in [-0.05, 0) is 38.9 Å². The Hall–Kier alpha value is -2.18. The molecule has 1 atom stereocenters. The number of amides is 1. The van der Waals surface area contributed by atoms with Gasteiger partial charge < -0.3 is 5.32 Å². The minimum absolute atomic E-state index is 0.0680. The molecule has 0 aliphatic rings. The standard InChI is InChI=1S/C12H17N5O2/c1-7-5-9(3)17(14-7)6-8(2)13-12(18)11-10(4)15-19-16-11/h5,8H,6H2,1-4H3,(H,13,18)/t8-/m1/s1. The first-order chi connectivity index (χ1) is 8.97. The zero-order valence-electron chi connectivity index (χ0n) is 11.5. The average molecular weight is 263 g/mol. The van der Waals surface area contributed by atoms with Gasteiger partial charge in [0.25, 0.3) is 5.91 Å². The summed E-state index contributed by atoms with van der Waals surface area (Å²) < 4.78 is 6.38. The number of nitrogens with one attached hydrogen (secondary N) is 1. The molecule has 0 bridgehead atoms. The summed E-state index contributed by atoms with van der Waals surface area (Å²) in [6.45, 7) is 8.13. The van der Waals surface area contributed by atoms with Gasteiger partial charge in [0.05, 0.1) is 12.2 Å². The zero-order chi connectivity index (χ0) is 14.0. The van der Waals surface area contributed by atoms with Gasteiger partial charge in [-0.3, -0.25) is 9.48 Å². The second-order valence-corrected chi connectivity index (χ2v) is 4.68. The molecule has 0 aliphatic carbocycles. The normalized spacial score (nSPS) is 12.4. The van der Waals surface area contributed by atoms with Gasteiger partial charge in [-0.2, -0.15) is 5.10 Å². The van der Waals surface area contributed by atoms with Crippen LogP contribution in [0.15, 0.2) is 10.7 Å². The number of aromatic nitrogens is 4. The number of carbonyl (C=O) groups is 1. The van der Waals surface area contributed by atoms with E-state index in [2.05, 4.69) is 25.4 Å². The highest BCUT2D eigenvalue weighted by atomic mass is 16.6. The predicted octanol–water partition coefficient (Wildman–Crippen LogP) is 1.01. The highest BCUT2D eigenvalue weighted by Gasteiger charge is 2.17. The molecular formula is C12H17N5O2. The summed E-state index contributed by atoms with van der Waals surface area (Å²) in [6, 6.07) is 1.93. The van der Waals surface area contributed by atoms with Crippen molar-refractivity contribution in [3.05, 3.63) is 28.8 Å². The third kappa shape index (κ3) is 2.98. The van der Waals surface area contributed by atoms with Crippen LogP contribution in [-0.2, 0) is 6.54 Å². The zero-order valence-corrected chi connectivity index (χ0v) is 11.5. The molecule has 1 amide bonds. The molecule has 7 nitrogen and oxygen atoms in total. The fraction of sp³-hybridized carbons (Fsp3) is 0.500. The molecule has 102 valence electrons. The summed E-state index contributed by atoms with van der Waals surface area (Å²) in [6.07, 6.45) is 0. The minimum atomic E-state index is -0.284. The summed E-state index contributed by atoms with van der Waals surface area (Å²) in [5.74, 6) is -0.284. The number of aryl methyl sites for hydroxylation is 3. The molecule has 2 aromatic rings. The third-order valence-corrected chi connectivity index (χ3v) is 2.80. The van der Waals surface area contributed by atoms with Crippen molar-refractivity contribution >= 4 is 5.91 Å². The van der Waals surface area contributed by atoms with Gasteiger partial charge in [-0.25, -0.2) is 4.63 Å². The van der Waals surface area contributed by atoms with E-state index >= 15 is 0 Å². The van der Waals surface area contributed by atoms with E-state index in [1.54, 1.807) is 6.92 Å². The number of hydrogen-bond acceptors (Lipinski definition) is 5. The van der Waals surface area contributed by atoms with Crippen LogP contribution in [0.1, 0.15) is 34.5 Å². The van der Waals surface area contributed by atoms with Crippen molar-refractivity contribution in [2.24, 2.45) is 0 Å². The Morgan fingerprint density at radius 3 is 2.68 bits per heavy atom. The van der Waals surface area contributed by atoms with Gasteiger partial charge in [0.2, 0.25) is 0 Å². The lowest BCUT2D eigenvalue weighted by molar-refractivity contribution is 0.0925. The molecule has 1 N–H and O–H groups in total. The van der Waals surface area contributed by atoms with Crippen LogP contribution in [0.3, 0.4) is 0 Å². The molecule has 0 aromatic carbocycles. The molecular weight excluding hydrogens is 246 g/mol. The lowest BCUT2D eigenvalue weighted by Gasteiger charge is -2.14. The SMILES string of the molecule is Cc1cc(C)n(C[C@@H](C)NC(=O)c2nonc2C)n1. The largest absolute Gasteiger partial charge is 0.346 e. The van der Waals surface area contributed by atoms with Gasteiger partial charge in [0.15, 0.2) is 5.69 Å². The Morgan fingerprint density at radius 1 is 1.42 bits per heavy atom. The summed E-state index contributed by atoms with van der Waals surface area (Å²) in [7, 11) is 0. The van der Waals surface area contributed by atoms with Gasteiger partial charge in [0, 0.05) is 11.7 Å². The first-order valence-corrected chi connectivity index (χ1v) is 6.08. The molecule has 0 unspecified atom stereocenters. The fourth-order valence-electron chi connectivity index (χ4n) is 1.89. The van der Waals surface area contributed by atoms with E-state index < -0.39 is 0 Å². The van der Waals surface area contributed by atoms with Gasteiger partial charge in [-0.15, -0.1) is 0 Å². The molecule has 19 heavy (non-hydrogen) atoms. The minimum Gasteiger partial charge on any atom is -0.346 e. The van der Waals surface area contributed by atoms with Gasteiger partial charge in [0.1, 0.15) is 5.69 Å². The monoisotopic (exact) mass is 263 g/mol. The Labute approximate surface area is 110 Å². The molecule has 0 radical (unpaired) electrons. The molecule has 0 aliphatic heterocycles. The Balaban J connectivity index is 1.98. The second kappa shape index (κ2) is 5.21. The van der Waals surface area contributed by atoms with Crippen LogP contribution >= 0.6 is 0 Å². The smallest absolute Gasteiger partial charge is 0.275 e. The van der Waals surface area contributed by atoms with Gasteiger partial charge in [-0.1, -0.05) is 5.16 Å². The van der Waals surface area contributed by atoms with E-state index in [0.29, 0.717) is 12.2 Å². The Bertz CT molecular complexity index is 587. The fourth-order valence-corrected chi connectivity index (χ4v) is 1.89. The van der Waals surface area contributed by atoms with Crippen LogP contribution in [0.25, 0.3) is 0 Å². The summed E-state index contributed by atoms with van der Waals surface area (Å²) >= 11 is 0. The molecule has 0 fully saturated rings. The average Bonchev–Trinajstić information content (AvgIpc) is 2.85. The maximum Gasteiger partial charge on any atom is 0.275 e. The molecule has 0 spiro atoms. The quantitative estimate of drug-likeness (QED) is 0.889. The summed E-state index contributed by atoms with van der Waals surface area (Å²) in [4.78, 5) is 11.9. The van der Waals surface area contributed by atoms with E-state index in [-0.39, 0.29) is 17.6 Å². The molecule has 0 saturated carbocycles. The molecule has 2 heterocycles. The van der Waals surface area contributed by atoms with Crippen LogP contribution in [0.5, 0.6) is 0 Å². The Kier molecular flexibility index (Phi) is 3.64. The maximum absolute atomic E-state index is 11.9. The predicted molar refractivity (Wildman–Crippen MR) is 67.7 cm³/mol. The van der Waals surface area contributed by atoms with Crippen LogP contribution in [0.2, 0.25) is 0 Å². The summed E-state index contributed by atoms with van der Waals surface area (Å²) in [5.41, 5.74) is 2.74. The number of nitrogens with zero attached hydrogens (tertiary/aromatic N) is 4. The summed E-state index contributed by atoms with van der Waals surface area (Å²) in [5, 5.41) is 14.4. The van der Waals surface area contributed by atoms with Crippen molar-refractivity contribution in [3.8, 4) is 0 Å². The van der Waals surface area contributed by atoms with Gasteiger partial charge >= 0.3 is 0 Å². The first-order valence-electron chi connectivity index (χ1n) is 6.08. The lowest BCUT2D eigenvalue weighted by Crippen LogP contribution is -2.36. The van der Waals surface area contributed by atoms with E-state index in [1.807, 2.05) is 31.5 Å². The molecule has 2 aromatic heterocycles. The van der Waals surface area contributed by atoms with E-state index in [1.165, 1.54) is 0 Å². The topological polar surface area (TPSA) is 85.8 Å². The number of rotatable bonds is 4. The highest BCUT2D eigenvalue weighted by Crippen LogP contribution is 2.04. The van der Waals surface area contributed by atoms with Crippen LogP contribution in [0.4, 0.5) is 0 Å².